The average Bonchev–Trinajstić information content (AvgIpc) is 2.95. The van der Waals surface area contributed by atoms with Gasteiger partial charge in [0, 0.05) is 30.8 Å². The van der Waals surface area contributed by atoms with E-state index in [2.05, 4.69) is 21.0 Å². The summed E-state index contributed by atoms with van der Waals surface area (Å²) in [5.74, 6) is -0.0967. The van der Waals surface area contributed by atoms with Crippen LogP contribution in [-0.2, 0) is 0 Å². The van der Waals surface area contributed by atoms with Crippen LogP contribution in [-0.4, -0.2) is 43.0 Å². The van der Waals surface area contributed by atoms with E-state index in [0.29, 0.717) is 17.4 Å². The highest BCUT2D eigenvalue weighted by atomic mass is 32.2. The van der Waals surface area contributed by atoms with Gasteiger partial charge in [-0.1, -0.05) is 18.3 Å². The molecule has 1 aromatic carbocycles. The first kappa shape index (κ1) is 15.6. The number of anilines is 1. The minimum absolute atomic E-state index is 0.0349. The van der Waals surface area contributed by atoms with Gasteiger partial charge in [0.05, 0.1) is 6.54 Å². The Labute approximate surface area is 135 Å². The van der Waals surface area contributed by atoms with E-state index in [1.54, 1.807) is 25.1 Å². The SMILES string of the molecule is C=C1CN(c2ccc3c(c2)OC(F)(F)O3)/C(=N/C(=O)N(C)C)S1. The van der Waals surface area contributed by atoms with E-state index in [1.807, 2.05) is 0 Å². The largest absolute Gasteiger partial charge is 0.586 e. The van der Waals surface area contributed by atoms with E-state index in [9.17, 15) is 13.6 Å². The van der Waals surface area contributed by atoms with Crippen LogP contribution in [0.2, 0.25) is 0 Å². The van der Waals surface area contributed by atoms with Gasteiger partial charge in [-0.3, -0.25) is 0 Å². The second kappa shape index (κ2) is 5.41. The van der Waals surface area contributed by atoms with Crippen LogP contribution in [0.25, 0.3) is 0 Å². The summed E-state index contributed by atoms with van der Waals surface area (Å²) in [6.07, 6.45) is -3.66. The van der Waals surface area contributed by atoms with Gasteiger partial charge < -0.3 is 19.3 Å². The maximum Gasteiger partial charge on any atom is 0.586 e. The average molecular weight is 341 g/mol. The third kappa shape index (κ3) is 3.09. The molecule has 2 amide bonds. The maximum absolute atomic E-state index is 13.1. The molecule has 9 heteroatoms. The van der Waals surface area contributed by atoms with Crippen molar-refractivity contribution in [1.29, 1.82) is 0 Å². The number of rotatable bonds is 1. The third-order valence-electron chi connectivity index (χ3n) is 3.07. The van der Waals surface area contributed by atoms with Crippen molar-refractivity contribution in [3.63, 3.8) is 0 Å². The number of alkyl halides is 2. The first-order valence-corrected chi connectivity index (χ1v) is 7.40. The fraction of sp³-hybridized carbons (Fsp3) is 0.286. The summed E-state index contributed by atoms with van der Waals surface area (Å²) in [4.78, 5) is 19.6. The molecular formula is C14H13F2N3O3S. The molecule has 0 unspecified atom stereocenters. The Kier molecular flexibility index (Phi) is 3.67. The Morgan fingerprint density at radius 3 is 2.78 bits per heavy atom. The number of amidine groups is 1. The molecule has 1 fully saturated rings. The van der Waals surface area contributed by atoms with Gasteiger partial charge in [0.2, 0.25) is 0 Å². The van der Waals surface area contributed by atoms with E-state index < -0.39 is 12.3 Å². The number of nitrogens with zero attached hydrogens (tertiary/aromatic N) is 3. The first-order chi connectivity index (χ1) is 10.7. The van der Waals surface area contributed by atoms with Gasteiger partial charge in [-0.15, -0.1) is 8.78 Å². The van der Waals surface area contributed by atoms with Crippen LogP contribution in [0.4, 0.5) is 19.3 Å². The number of halogens is 2. The zero-order valence-electron chi connectivity index (χ0n) is 12.4. The van der Waals surface area contributed by atoms with Crippen LogP contribution >= 0.6 is 11.8 Å². The molecule has 0 bridgehead atoms. The van der Waals surface area contributed by atoms with E-state index in [1.165, 1.54) is 28.8 Å². The molecule has 23 heavy (non-hydrogen) atoms. The number of ether oxygens (including phenoxy) is 2. The van der Waals surface area contributed by atoms with E-state index in [-0.39, 0.29) is 11.5 Å². The van der Waals surface area contributed by atoms with Crippen molar-refractivity contribution in [2.45, 2.75) is 6.29 Å². The van der Waals surface area contributed by atoms with Gasteiger partial charge in [0.1, 0.15) is 0 Å². The fourth-order valence-corrected chi connectivity index (χ4v) is 2.89. The molecule has 2 aliphatic rings. The lowest BCUT2D eigenvalue weighted by Crippen LogP contribution is -2.27. The summed E-state index contributed by atoms with van der Waals surface area (Å²) in [5.41, 5.74) is 0.557. The van der Waals surface area contributed by atoms with Crippen LogP contribution in [0.15, 0.2) is 34.7 Å². The molecule has 0 spiro atoms. The van der Waals surface area contributed by atoms with Crippen LogP contribution in [0, 0.1) is 0 Å². The van der Waals surface area contributed by atoms with Gasteiger partial charge in [-0.2, -0.15) is 4.99 Å². The second-order valence-corrected chi connectivity index (χ2v) is 6.24. The Balaban J connectivity index is 1.92. The molecular weight excluding hydrogens is 328 g/mol. The van der Waals surface area contributed by atoms with Crippen molar-refractivity contribution in [3.05, 3.63) is 29.7 Å². The minimum Gasteiger partial charge on any atom is -0.395 e. The summed E-state index contributed by atoms with van der Waals surface area (Å²) in [7, 11) is 3.18. The lowest BCUT2D eigenvalue weighted by Gasteiger charge is -2.18. The topological polar surface area (TPSA) is 54.4 Å². The van der Waals surface area contributed by atoms with Crippen LogP contribution in [0.3, 0.4) is 0 Å². The zero-order valence-corrected chi connectivity index (χ0v) is 13.2. The molecule has 0 saturated carbocycles. The molecule has 2 aliphatic heterocycles. The lowest BCUT2D eigenvalue weighted by molar-refractivity contribution is -0.286. The van der Waals surface area contributed by atoms with Gasteiger partial charge in [-0.05, 0) is 12.1 Å². The predicted molar refractivity (Wildman–Crippen MR) is 83.2 cm³/mol. The Morgan fingerprint density at radius 1 is 1.39 bits per heavy atom. The zero-order chi connectivity index (χ0) is 16.8. The Hall–Kier alpha value is -2.29. The highest BCUT2D eigenvalue weighted by molar-refractivity contribution is 8.18. The molecule has 0 aliphatic carbocycles. The molecule has 0 N–H and O–H groups in total. The van der Waals surface area contributed by atoms with E-state index in [0.717, 1.165) is 4.91 Å². The minimum atomic E-state index is -3.66. The molecule has 0 radical (unpaired) electrons. The summed E-state index contributed by atoms with van der Waals surface area (Å²) in [6, 6.07) is 3.99. The number of thioether (sulfide) groups is 1. The summed E-state index contributed by atoms with van der Waals surface area (Å²) in [6.45, 7) is 4.28. The maximum atomic E-state index is 13.1. The fourth-order valence-electron chi connectivity index (χ4n) is 2.03. The lowest BCUT2D eigenvalue weighted by atomic mass is 10.2. The van der Waals surface area contributed by atoms with Crippen LogP contribution in [0.5, 0.6) is 11.5 Å². The summed E-state index contributed by atoms with van der Waals surface area (Å²) in [5, 5.41) is 0.430. The number of carbonyl (C=O) groups is 1. The van der Waals surface area contributed by atoms with Crippen LogP contribution < -0.4 is 14.4 Å². The number of fused-ring (bicyclic) bond motifs is 1. The number of benzene rings is 1. The molecule has 0 atom stereocenters. The van der Waals surface area contributed by atoms with Gasteiger partial charge in [0.15, 0.2) is 16.7 Å². The predicted octanol–water partition coefficient (Wildman–Crippen LogP) is 3.11. The first-order valence-electron chi connectivity index (χ1n) is 6.58. The molecule has 3 rings (SSSR count). The standard InChI is InChI=1S/C14H13F2N3O3S/c1-8-7-19(13(23-8)17-12(20)18(2)3)9-4-5-10-11(6-9)22-14(15,16)21-10/h4-6H,1,7H2,2-3H3/b17-13-. The van der Waals surface area contributed by atoms with Crippen molar-refractivity contribution in [3.8, 4) is 11.5 Å². The molecule has 122 valence electrons. The summed E-state index contributed by atoms with van der Waals surface area (Å²) >= 11 is 1.26. The van der Waals surface area contributed by atoms with Crippen molar-refractivity contribution < 1.29 is 23.0 Å². The third-order valence-corrected chi connectivity index (χ3v) is 3.98. The number of urea groups is 1. The summed E-state index contributed by atoms with van der Waals surface area (Å²) < 4.78 is 35.0. The highest BCUT2D eigenvalue weighted by Gasteiger charge is 2.43. The number of hydrogen-bond acceptors (Lipinski definition) is 4. The van der Waals surface area contributed by atoms with Crippen molar-refractivity contribution in [2.75, 3.05) is 25.5 Å². The molecule has 0 aromatic heterocycles. The van der Waals surface area contributed by atoms with Crippen LogP contribution in [0.1, 0.15) is 0 Å². The van der Waals surface area contributed by atoms with Gasteiger partial charge >= 0.3 is 12.3 Å². The molecule has 2 heterocycles. The molecule has 1 saturated heterocycles. The van der Waals surface area contributed by atoms with E-state index >= 15 is 0 Å². The highest BCUT2D eigenvalue weighted by Crippen LogP contribution is 2.44. The quantitative estimate of drug-likeness (QED) is 0.786. The second-order valence-electron chi connectivity index (χ2n) is 5.10. The van der Waals surface area contributed by atoms with Crippen molar-refractivity contribution in [1.82, 2.24) is 4.90 Å². The molecule has 1 aromatic rings. The Morgan fingerprint density at radius 2 is 2.09 bits per heavy atom. The smallest absolute Gasteiger partial charge is 0.395 e. The van der Waals surface area contributed by atoms with Crippen molar-refractivity contribution >= 4 is 28.6 Å². The normalized spacial score (nSPS) is 20.3. The molecule has 6 nitrogen and oxygen atoms in total. The number of hydrogen-bond donors (Lipinski definition) is 0. The van der Waals surface area contributed by atoms with Gasteiger partial charge in [0.25, 0.3) is 0 Å². The number of amides is 2. The van der Waals surface area contributed by atoms with Gasteiger partial charge in [-0.25, -0.2) is 4.79 Å². The number of carbonyl (C=O) groups excluding carboxylic acids is 1. The van der Waals surface area contributed by atoms with Crippen molar-refractivity contribution in [2.24, 2.45) is 4.99 Å². The Bertz CT molecular complexity index is 721. The van der Waals surface area contributed by atoms with E-state index in [4.69, 9.17) is 0 Å². The number of aliphatic imine (C=N–C) groups is 1. The monoisotopic (exact) mass is 341 g/mol.